The van der Waals surface area contributed by atoms with Crippen molar-refractivity contribution >= 4 is 11.5 Å². The van der Waals surface area contributed by atoms with E-state index in [4.69, 9.17) is 0 Å². The molecule has 0 spiro atoms. The highest BCUT2D eigenvalue weighted by Crippen LogP contribution is 2.46. The van der Waals surface area contributed by atoms with Gasteiger partial charge in [0.05, 0.1) is 4.92 Å². The van der Waals surface area contributed by atoms with Crippen molar-refractivity contribution in [2.75, 3.05) is 5.32 Å². The summed E-state index contributed by atoms with van der Waals surface area (Å²) >= 11 is 0. The lowest BCUT2D eigenvalue weighted by Gasteiger charge is -2.23. The van der Waals surface area contributed by atoms with Crippen molar-refractivity contribution in [1.29, 1.82) is 0 Å². The molecule has 6 heteroatoms. The molecule has 1 heterocycles. The van der Waals surface area contributed by atoms with Crippen molar-refractivity contribution in [2.45, 2.75) is 38.6 Å². The monoisotopic (exact) mass is 250 g/mol. The Bertz CT molecular complexity index is 497. The first-order valence-electron chi connectivity index (χ1n) is 6.50. The van der Waals surface area contributed by atoms with Gasteiger partial charge in [0.25, 0.3) is 0 Å². The molecular formula is C12H18N4O2. The van der Waals surface area contributed by atoms with Gasteiger partial charge in [0.2, 0.25) is 5.82 Å². The molecule has 1 aromatic heterocycles. The van der Waals surface area contributed by atoms with Crippen LogP contribution < -0.4 is 5.32 Å². The summed E-state index contributed by atoms with van der Waals surface area (Å²) in [6.45, 7) is 1.68. The van der Waals surface area contributed by atoms with E-state index in [2.05, 4.69) is 10.4 Å². The van der Waals surface area contributed by atoms with Gasteiger partial charge in [0.15, 0.2) is 0 Å². The lowest BCUT2D eigenvalue weighted by molar-refractivity contribution is -0.384. The largest absolute Gasteiger partial charge is 0.362 e. The van der Waals surface area contributed by atoms with Gasteiger partial charge in [-0.25, -0.2) is 4.68 Å². The van der Waals surface area contributed by atoms with Gasteiger partial charge < -0.3 is 5.32 Å². The molecule has 0 aromatic carbocycles. The molecule has 2 aliphatic rings. The molecule has 98 valence electrons. The number of aromatic nitrogens is 2. The van der Waals surface area contributed by atoms with Crippen LogP contribution in [-0.2, 0) is 7.05 Å². The van der Waals surface area contributed by atoms with Crippen LogP contribution >= 0.6 is 0 Å². The Morgan fingerprint density at radius 2 is 2.22 bits per heavy atom. The minimum absolute atomic E-state index is 0.125. The van der Waals surface area contributed by atoms with Crippen LogP contribution in [0.3, 0.4) is 0 Å². The number of nitrogens with one attached hydrogen (secondary N) is 1. The number of nitrogens with zero attached hydrogens (tertiary/aromatic N) is 3. The lowest BCUT2D eigenvalue weighted by atomic mass is 9.95. The minimum Gasteiger partial charge on any atom is -0.362 e. The fraction of sp³-hybridized carbons (Fsp3) is 0.750. The third kappa shape index (κ3) is 1.67. The van der Waals surface area contributed by atoms with E-state index in [0.717, 1.165) is 12.3 Å². The highest BCUT2D eigenvalue weighted by Gasteiger charge is 2.40. The molecule has 2 fully saturated rings. The Morgan fingerprint density at radius 3 is 2.78 bits per heavy atom. The Balaban J connectivity index is 1.86. The number of hydrogen-bond donors (Lipinski definition) is 1. The van der Waals surface area contributed by atoms with E-state index in [9.17, 15) is 10.1 Å². The Kier molecular flexibility index (Phi) is 2.53. The molecule has 3 atom stereocenters. The molecule has 6 nitrogen and oxygen atoms in total. The summed E-state index contributed by atoms with van der Waals surface area (Å²) in [6.07, 6.45) is 5.01. The molecule has 3 unspecified atom stereocenters. The van der Waals surface area contributed by atoms with Gasteiger partial charge >= 0.3 is 5.69 Å². The van der Waals surface area contributed by atoms with Gasteiger partial charge in [-0.3, -0.25) is 10.1 Å². The number of fused-ring (bicyclic) bond motifs is 2. The summed E-state index contributed by atoms with van der Waals surface area (Å²) in [5.41, 5.74) is 0.605. The first-order chi connectivity index (χ1) is 8.56. The highest BCUT2D eigenvalue weighted by atomic mass is 16.6. The summed E-state index contributed by atoms with van der Waals surface area (Å²) in [5.74, 6) is 2.07. The second kappa shape index (κ2) is 3.96. The third-order valence-corrected chi connectivity index (χ3v) is 4.43. The summed E-state index contributed by atoms with van der Waals surface area (Å²) < 4.78 is 1.60. The highest BCUT2D eigenvalue weighted by molar-refractivity contribution is 5.60. The first-order valence-corrected chi connectivity index (χ1v) is 6.50. The van der Waals surface area contributed by atoms with Crippen molar-refractivity contribution in [2.24, 2.45) is 18.9 Å². The second-order valence-electron chi connectivity index (χ2n) is 5.59. The van der Waals surface area contributed by atoms with Gasteiger partial charge in [-0.2, -0.15) is 5.10 Å². The predicted octanol–water partition coefficient (Wildman–Crippen LogP) is 2.24. The van der Waals surface area contributed by atoms with Gasteiger partial charge in [-0.05, 0) is 38.0 Å². The molecule has 2 saturated carbocycles. The van der Waals surface area contributed by atoms with E-state index in [0.29, 0.717) is 23.5 Å². The number of anilines is 1. The fourth-order valence-electron chi connectivity index (χ4n) is 3.62. The molecule has 2 bridgehead atoms. The molecule has 2 aliphatic carbocycles. The van der Waals surface area contributed by atoms with E-state index in [-0.39, 0.29) is 10.6 Å². The van der Waals surface area contributed by atoms with Crippen LogP contribution in [0.1, 0.15) is 31.4 Å². The van der Waals surface area contributed by atoms with Crippen molar-refractivity contribution in [3.05, 3.63) is 15.8 Å². The molecule has 1 N–H and O–H groups in total. The van der Waals surface area contributed by atoms with E-state index >= 15 is 0 Å². The van der Waals surface area contributed by atoms with Gasteiger partial charge in [0.1, 0.15) is 5.69 Å². The second-order valence-corrected chi connectivity index (χ2v) is 5.59. The maximum absolute atomic E-state index is 11.1. The van der Waals surface area contributed by atoms with Crippen molar-refractivity contribution in [3.8, 4) is 0 Å². The predicted molar refractivity (Wildman–Crippen MR) is 67.5 cm³/mol. The average Bonchev–Trinajstić information content (AvgIpc) is 2.94. The minimum atomic E-state index is -0.335. The fourth-order valence-corrected chi connectivity index (χ4v) is 3.62. The topological polar surface area (TPSA) is 73.0 Å². The Morgan fingerprint density at radius 1 is 1.44 bits per heavy atom. The molecule has 18 heavy (non-hydrogen) atoms. The number of nitro groups is 1. The lowest BCUT2D eigenvalue weighted by Crippen LogP contribution is -2.27. The molecule has 3 rings (SSSR count). The van der Waals surface area contributed by atoms with Crippen molar-refractivity contribution in [1.82, 2.24) is 9.78 Å². The average molecular weight is 250 g/mol. The Labute approximate surface area is 106 Å². The summed E-state index contributed by atoms with van der Waals surface area (Å²) in [4.78, 5) is 10.8. The van der Waals surface area contributed by atoms with Crippen LogP contribution in [0.5, 0.6) is 0 Å². The Hall–Kier alpha value is -1.59. The van der Waals surface area contributed by atoms with Crippen LogP contribution in [0, 0.1) is 28.9 Å². The van der Waals surface area contributed by atoms with Crippen LogP contribution in [0.4, 0.5) is 11.5 Å². The third-order valence-electron chi connectivity index (χ3n) is 4.43. The summed E-state index contributed by atoms with van der Waals surface area (Å²) in [7, 11) is 1.76. The van der Waals surface area contributed by atoms with Crippen LogP contribution in [0.25, 0.3) is 0 Å². The zero-order chi connectivity index (χ0) is 12.9. The smallest absolute Gasteiger partial charge is 0.333 e. The molecule has 0 aliphatic heterocycles. The molecular weight excluding hydrogens is 232 g/mol. The number of aryl methyl sites for hydroxylation is 2. The molecule has 0 amide bonds. The molecule has 0 saturated heterocycles. The quantitative estimate of drug-likeness (QED) is 0.659. The van der Waals surface area contributed by atoms with Gasteiger partial charge in [-0.15, -0.1) is 0 Å². The maximum Gasteiger partial charge on any atom is 0.333 e. The maximum atomic E-state index is 11.1. The zero-order valence-electron chi connectivity index (χ0n) is 10.7. The van der Waals surface area contributed by atoms with Gasteiger partial charge in [-0.1, -0.05) is 6.42 Å². The molecule has 0 radical (unpaired) electrons. The van der Waals surface area contributed by atoms with Gasteiger partial charge in [0, 0.05) is 13.1 Å². The first kappa shape index (κ1) is 11.5. The van der Waals surface area contributed by atoms with E-state index in [1.165, 1.54) is 19.3 Å². The standard InChI is InChI=1S/C12H18N4O2/c1-7-11(16(17)18)12(15(2)14-7)13-10-6-8-3-4-9(10)5-8/h8-10,13H,3-6H2,1-2H3. The van der Waals surface area contributed by atoms with Crippen LogP contribution in [0.2, 0.25) is 0 Å². The van der Waals surface area contributed by atoms with E-state index < -0.39 is 0 Å². The molecule has 1 aromatic rings. The van der Waals surface area contributed by atoms with Crippen molar-refractivity contribution < 1.29 is 4.92 Å². The number of hydrogen-bond acceptors (Lipinski definition) is 4. The van der Waals surface area contributed by atoms with E-state index in [1.807, 2.05) is 0 Å². The van der Waals surface area contributed by atoms with Crippen LogP contribution in [0.15, 0.2) is 0 Å². The zero-order valence-corrected chi connectivity index (χ0v) is 10.7. The van der Waals surface area contributed by atoms with Crippen molar-refractivity contribution in [3.63, 3.8) is 0 Å². The summed E-state index contributed by atoms with van der Waals surface area (Å²) in [6, 6.07) is 0.386. The SMILES string of the molecule is Cc1nn(C)c(NC2CC3CCC2C3)c1[N+](=O)[O-]. The normalized spacial score (nSPS) is 29.8. The van der Waals surface area contributed by atoms with E-state index in [1.54, 1.807) is 18.7 Å². The number of rotatable bonds is 3. The van der Waals surface area contributed by atoms with Crippen LogP contribution in [-0.4, -0.2) is 20.7 Å². The summed E-state index contributed by atoms with van der Waals surface area (Å²) in [5, 5.41) is 18.6.